The average Bonchev–Trinajstić information content (AvgIpc) is 2.27. The highest BCUT2D eigenvalue weighted by Gasteiger charge is 2.17. The Morgan fingerprint density at radius 1 is 1.27 bits per heavy atom. The van der Waals surface area contributed by atoms with Crippen molar-refractivity contribution in [2.75, 3.05) is 52.4 Å². The summed E-state index contributed by atoms with van der Waals surface area (Å²) in [6, 6.07) is 0. The third-order valence-electron chi connectivity index (χ3n) is 2.75. The number of carbonyl (C=O) groups excluding carboxylic acids is 1. The van der Waals surface area contributed by atoms with Crippen molar-refractivity contribution in [1.29, 1.82) is 0 Å². The van der Waals surface area contributed by atoms with Crippen LogP contribution in [0.25, 0.3) is 0 Å². The van der Waals surface area contributed by atoms with Gasteiger partial charge in [0.2, 0.25) is 5.91 Å². The summed E-state index contributed by atoms with van der Waals surface area (Å²) < 4.78 is 0. The van der Waals surface area contributed by atoms with Gasteiger partial charge in [0.15, 0.2) is 0 Å². The number of hydrogen-bond acceptors (Lipinski definition) is 4. The highest BCUT2D eigenvalue weighted by molar-refractivity contribution is 5.77. The van der Waals surface area contributed by atoms with E-state index in [9.17, 15) is 4.79 Å². The molecule has 0 aromatic carbocycles. The van der Waals surface area contributed by atoms with E-state index in [4.69, 9.17) is 5.73 Å². The van der Waals surface area contributed by atoms with Crippen LogP contribution in [-0.2, 0) is 4.79 Å². The van der Waals surface area contributed by atoms with Crippen molar-refractivity contribution in [3.05, 3.63) is 0 Å². The number of piperazine rings is 1. The lowest BCUT2D eigenvalue weighted by Gasteiger charge is -2.33. The van der Waals surface area contributed by atoms with Gasteiger partial charge >= 0.3 is 0 Å². The molecule has 15 heavy (non-hydrogen) atoms. The molecule has 5 heteroatoms. The van der Waals surface area contributed by atoms with Crippen LogP contribution in [0.1, 0.15) is 6.92 Å². The van der Waals surface area contributed by atoms with Crippen LogP contribution in [0.5, 0.6) is 0 Å². The minimum atomic E-state index is 0.0883. The van der Waals surface area contributed by atoms with Crippen LogP contribution in [0.2, 0.25) is 0 Å². The average molecular weight is 214 g/mol. The van der Waals surface area contributed by atoms with E-state index in [2.05, 4.69) is 22.0 Å². The molecule has 1 amide bonds. The molecule has 3 N–H and O–H groups in total. The van der Waals surface area contributed by atoms with Gasteiger partial charge in [-0.05, 0) is 6.54 Å². The zero-order valence-electron chi connectivity index (χ0n) is 9.54. The maximum absolute atomic E-state index is 11.4. The van der Waals surface area contributed by atoms with Gasteiger partial charge in [-0.1, -0.05) is 6.92 Å². The van der Waals surface area contributed by atoms with Crippen molar-refractivity contribution in [3.8, 4) is 0 Å². The van der Waals surface area contributed by atoms with Crippen LogP contribution in [0.4, 0.5) is 0 Å². The Hall–Kier alpha value is -0.650. The number of amides is 1. The third-order valence-corrected chi connectivity index (χ3v) is 2.75. The van der Waals surface area contributed by atoms with E-state index in [1.807, 2.05) is 0 Å². The first-order valence-electron chi connectivity index (χ1n) is 5.67. The largest absolute Gasteiger partial charge is 0.354 e. The predicted octanol–water partition coefficient (Wildman–Crippen LogP) is -1.30. The second-order valence-electron chi connectivity index (χ2n) is 3.85. The maximum Gasteiger partial charge on any atom is 0.234 e. The molecule has 0 atom stereocenters. The number of carbonyl (C=O) groups is 1. The van der Waals surface area contributed by atoms with Gasteiger partial charge in [0.05, 0.1) is 6.54 Å². The molecule has 1 fully saturated rings. The van der Waals surface area contributed by atoms with Gasteiger partial charge in [-0.3, -0.25) is 9.69 Å². The van der Waals surface area contributed by atoms with Crippen LogP contribution in [-0.4, -0.2) is 68.1 Å². The normalized spacial score (nSPS) is 19.1. The summed E-state index contributed by atoms with van der Waals surface area (Å²) in [6.07, 6.45) is 0. The molecule has 0 spiro atoms. The summed E-state index contributed by atoms with van der Waals surface area (Å²) in [7, 11) is 0. The van der Waals surface area contributed by atoms with Crippen LogP contribution in [0, 0.1) is 0 Å². The molecule has 1 saturated heterocycles. The van der Waals surface area contributed by atoms with Crippen molar-refractivity contribution in [2.24, 2.45) is 5.73 Å². The van der Waals surface area contributed by atoms with E-state index >= 15 is 0 Å². The summed E-state index contributed by atoms with van der Waals surface area (Å²) in [4.78, 5) is 16.0. The smallest absolute Gasteiger partial charge is 0.234 e. The summed E-state index contributed by atoms with van der Waals surface area (Å²) in [5, 5.41) is 2.79. The Labute approximate surface area is 91.6 Å². The highest BCUT2D eigenvalue weighted by atomic mass is 16.2. The molecule has 1 aliphatic rings. The highest BCUT2D eigenvalue weighted by Crippen LogP contribution is 1.99. The molecule has 0 saturated carbocycles. The Kier molecular flexibility index (Phi) is 5.60. The molecular weight excluding hydrogens is 192 g/mol. The van der Waals surface area contributed by atoms with Gasteiger partial charge in [-0.15, -0.1) is 0 Å². The lowest BCUT2D eigenvalue weighted by Crippen LogP contribution is -2.49. The van der Waals surface area contributed by atoms with Crippen molar-refractivity contribution in [3.63, 3.8) is 0 Å². The molecular formula is C10H22N4O. The van der Waals surface area contributed by atoms with Gasteiger partial charge in [0.25, 0.3) is 0 Å². The lowest BCUT2D eigenvalue weighted by molar-refractivity contribution is -0.122. The van der Waals surface area contributed by atoms with E-state index in [1.54, 1.807) is 0 Å². The van der Waals surface area contributed by atoms with E-state index < -0.39 is 0 Å². The van der Waals surface area contributed by atoms with E-state index in [0.29, 0.717) is 19.6 Å². The fraction of sp³-hybridized carbons (Fsp3) is 0.900. The molecule has 0 unspecified atom stereocenters. The molecule has 0 aromatic rings. The lowest BCUT2D eigenvalue weighted by atomic mass is 10.3. The predicted molar refractivity (Wildman–Crippen MR) is 60.6 cm³/mol. The quantitative estimate of drug-likeness (QED) is 0.597. The standard InChI is InChI=1S/C10H22N4O/c1-2-13-5-7-14(8-6-13)9-10(15)12-4-3-11/h2-9,11H2,1H3,(H,12,15). The SMILES string of the molecule is CCN1CCN(CC(=O)NCCN)CC1. The number of hydrogen-bond donors (Lipinski definition) is 2. The first kappa shape index (κ1) is 12.4. The summed E-state index contributed by atoms with van der Waals surface area (Å²) in [5.41, 5.74) is 5.31. The molecule has 88 valence electrons. The molecule has 0 aliphatic carbocycles. The van der Waals surface area contributed by atoms with Crippen LogP contribution in [0.15, 0.2) is 0 Å². The minimum absolute atomic E-state index is 0.0883. The van der Waals surface area contributed by atoms with Gasteiger partial charge in [0, 0.05) is 39.3 Å². The number of nitrogens with two attached hydrogens (primary N) is 1. The van der Waals surface area contributed by atoms with Crippen LogP contribution >= 0.6 is 0 Å². The summed E-state index contributed by atoms with van der Waals surface area (Å²) in [6.45, 7) is 8.99. The van der Waals surface area contributed by atoms with Crippen LogP contribution < -0.4 is 11.1 Å². The third kappa shape index (κ3) is 4.59. The second kappa shape index (κ2) is 6.76. The fourth-order valence-corrected chi connectivity index (χ4v) is 1.73. The summed E-state index contributed by atoms with van der Waals surface area (Å²) >= 11 is 0. The molecule has 0 bridgehead atoms. The Bertz CT molecular complexity index is 190. The molecule has 5 nitrogen and oxygen atoms in total. The zero-order chi connectivity index (χ0) is 11.1. The summed E-state index contributed by atoms with van der Waals surface area (Å²) in [5.74, 6) is 0.0883. The molecule has 1 heterocycles. The Morgan fingerprint density at radius 3 is 2.40 bits per heavy atom. The van der Waals surface area contributed by atoms with Gasteiger partial charge < -0.3 is 16.0 Å². The van der Waals surface area contributed by atoms with Crippen molar-refractivity contribution in [2.45, 2.75) is 6.92 Å². The number of nitrogens with zero attached hydrogens (tertiary/aromatic N) is 2. The molecule has 1 rings (SSSR count). The van der Waals surface area contributed by atoms with Gasteiger partial charge in [-0.25, -0.2) is 0 Å². The molecule has 1 aliphatic heterocycles. The topological polar surface area (TPSA) is 61.6 Å². The zero-order valence-corrected chi connectivity index (χ0v) is 9.54. The number of likely N-dealkylation sites (N-methyl/N-ethyl adjacent to an activating group) is 1. The Morgan fingerprint density at radius 2 is 1.87 bits per heavy atom. The van der Waals surface area contributed by atoms with Crippen LogP contribution in [0.3, 0.4) is 0 Å². The van der Waals surface area contributed by atoms with E-state index in [-0.39, 0.29) is 5.91 Å². The minimum Gasteiger partial charge on any atom is -0.354 e. The first-order valence-corrected chi connectivity index (χ1v) is 5.67. The number of nitrogens with one attached hydrogen (secondary N) is 1. The monoisotopic (exact) mass is 214 g/mol. The van der Waals surface area contributed by atoms with Crippen molar-refractivity contribution >= 4 is 5.91 Å². The number of rotatable bonds is 5. The second-order valence-corrected chi connectivity index (χ2v) is 3.85. The fourth-order valence-electron chi connectivity index (χ4n) is 1.73. The van der Waals surface area contributed by atoms with Crippen molar-refractivity contribution in [1.82, 2.24) is 15.1 Å². The molecule has 0 radical (unpaired) electrons. The first-order chi connectivity index (χ1) is 7.26. The Balaban J connectivity index is 2.15. The van der Waals surface area contributed by atoms with Gasteiger partial charge in [0.1, 0.15) is 0 Å². The van der Waals surface area contributed by atoms with E-state index in [0.717, 1.165) is 32.7 Å². The van der Waals surface area contributed by atoms with Crippen molar-refractivity contribution < 1.29 is 4.79 Å². The maximum atomic E-state index is 11.4. The molecule has 0 aromatic heterocycles. The van der Waals surface area contributed by atoms with Gasteiger partial charge in [-0.2, -0.15) is 0 Å². The van der Waals surface area contributed by atoms with E-state index in [1.165, 1.54) is 0 Å².